The van der Waals surface area contributed by atoms with Crippen molar-refractivity contribution in [3.8, 4) is 11.3 Å². The lowest BCUT2D eigenvalue weighted by molar-refractivity contribution is 0.262. The van der Waals surface area contributed by atoms with Crippen LogP contribution < -0.4 is 10.6 Å². The summed E-state index contributed by atoms with van der Waals surface area (Å²) in [4.78, 5) is 21.1. The minimum absolute atomic E-state index is 0.365. The summed E-state index contributed by atoms with van der Waals surface area (Å²) in [6.45, 7) is 3.64. The van der Waals surface area contributed by atoms with Gasteiger partial charge < -0.3 is 10.6 Å². The number of carbonyl (C=O) groups is 1. The van der Waals surface area contributed by atoms with Gasteiger partial charge in [-0.1, -0.05) is 18.2 Å². The van der Waals surface area contributed by atoms with Crippen LogP contribution in [0.25, 0.3) is 17.0 Å². The van der Waals surface area contributed by atoms with Gasteiger partial charge in [0.15, 0.2) is 0 Å². The van der Waals surface area contributed by atoms with E-state index in [2.05, 4.69) is 20.6 Å². The standard InChI is InChI=1S/C21H18FN5O/c1-13-7-8-17(12-18(13)22)25-21(28)24-16-6-3-5-15(11-16)19-14(2)27-10-4-9-23-20(27)26-19/h3-12H,1-2H3,(H2,24,25,28). The average molecular weight is 375 g/mol. The zero-order valence-corrected chi connectivity index (χ0v) is 15.4. The van der Waals surface area contributed by atoms with Gasteiger partial charge in [0.2, 0.25) is 5.78 Å². The first-order chi connectivity index (χ1) is 13.5. The predicted molar refractivity (Wildman–Crippen MR) is 107 cm³/mol. The van der Waals surface area contributed by atoms with E-state index in [-0.39, 0.29) is 5.82 Å². The number of aromatic nitrogens is 3. The van der Waals surface area contributed by atoms with Crippen LogP contribution in [0.2, 0.25) is 0 Å². The van der Waals surface area contributed by atoms with E-state index in [0.29, 0.717) is 22.7 Å². The first-order valence-electron chi connectivity index (χ1n) is 8.75. The third kappa shape index (κ3) is 3.42. The lowest BCUT2D eigenvalue weighted by Gasteiger charge is -2.09. The van der Waals surface area contributed by atoms with Gasteiger partial charge in [-0.05, 0) is 49.7 Å². The second kappa shape index (κ2) is 7.11. The van der Waals surface area contributed by atoms with Crippen LogP contribution in [-0.4, -0.2) is 20.4 Å². The molecule has 140 valence electrons. The molecule has 0 saturated carbocycles. The number of rotatable bonds is 3. The minimum Gasteiger partial charge on any atom is -0.308 e. The molecule has 2 heterocycles. The molecule has 2 N–H and O–H groups in total. The van der Waals surface area contributed by atoms with Gasteiger partial charge in [0.05, 0.1) is 5.69 Å². The van der Waals surface area contributed by atoms with Crippen molar-refractivity contribution in [1.82, 2.24) is 14.4 Å². The monoisotopic (exact) mass is 375 g/mol. The van der Waals surface area contributed by atoms with Gasteiger partial charge in [0.1, 0.15) is 5.82 Å². The number of benzene rings is 2. The Morgan fingerprint density at radius 3 is 2.57 bits per heavy atom. The summed E-state index contributed by atoms with van der Waals surface area (Å²) in [5, 5.41) is 5.40. The van der Waals surface area contributed by atoms with E-state index in [0.717, 1.165) is 17.0 Å². The maximum Gasteiger partial charge on any atom is 0.323 e. The highest BCUT2D eigenvalue weighted by Crippen LogP contribution is 2.25. The Morgan fingerprint density at radius 1 is 1.04 bits per heavy atom. The van der Waals surface area contributed by atoms with Crippen LogP contribution in [0.1, 0.15) is 11.3 Å². The zero-order valence-electron chi connectivity index (χ0n) is 15.4. The Morgan fingerprint density at radius 2 is 1.82 bits per heavy atom. The van der Waals surface area contributed by atoms with E-state index in [1.807, 2.05) is 41.8 Å². The third-order valence-electron chi connectivity index (χ3n) is 4.47. The van der Waals surface area contributed by atoms with Crippen molar-refractivity contribution in [3.63, 3.8) is 0 Å². The van der Waals surface area contributed by atoms with Crippen LogP contribution in [0.15, 0.2) is 60.9 Å². The first-order valence-corrected chi connectivity index (χ1v) is 8.75. The third-order valence-corrected chi connectivity index (χ3v) is 4.47. The highest BCUT2D eigenvalue weighted by Gasteiger charge is 2.12. The molecule has 4 aromatic rings. The maximum atomic E-state index is 13.6. The molecule has 2 amide bonds. The van der Waals surface area contributed by atoms with E-state index in [9.17, 15) is 9.18 Å². The average Bonchev–Trinajstić information content (AvgIpc) is 3.02. The molecular formula is C21H18FN5O. The number of hydrogen-bond acceptors (Lipinski definition) is 3. The number of hydrogen-bond donors (Lipinski definition) is 2. The smallest absolute Gasteiger partial charge is 0.308 e. The molecule has 7 heteroatoms. The fraction of sp³-hybridized carbons (Fsp3) is 0.0952. The van der Waals surface area contributed by atoms with E-state index in [4.69, 9.17) is 0 Å². The number of nitrogens with one attached hydrogen (secondary N) is 2. The SMILES string of the molecule is Cc1ccc(NC(=O)Nc2cccc(-c3nc4ncccn4c3C)c2)cc1F. The fourth-order valence-corrected chi connectivity index (χ4v) is 2.98. The molecule has 6 nitrogen and oxygen atoms in total. The molecule has 28 heavy (non-hydrogen) atoms. The van der Waals surface area contributed by atoms with E-state index in [1.54, 1.807) is 31.3 Å². The fourth-order valence-electron chi connectivity index (χ4n) is 2.98. The van der Waals surface area contributed by atoms with Crippen molar-refractivity contribution >= 4 is 23.2 Å². The van der Waals surface area contributed by atoms with Gasteiger partial charge in [-0.15, -0.1) is 0 Å². The van der Waals surface area contributed by atoms with Gasteiger partial charge in [-0.25, -0.2) is 19.2 Å². The summed E-state index contributed by atoms with van der Waals surface area (Å²) in [6.07, 6.45) is 3.60. The molecular weight excluding hydrogens is 357 g/mol. The molecule has 0 aliphatic rings. The zero-order chi connectivity index (χ0) is 19.7. The van der Waals surface area contributed by atoms with Gasteiger partial charge in [0.25, 0.3) is 0 Å². The predicted octanol–water partition coefficient (Wildman–Crippen LogP) is 4.80. The molecule has 0 fully saturated rings. The molecule has 0 aliphatic carbocycles. The van der Waals surface area contributed by atoms with Crippen molar-refractivity contribution in [2.45, 2.75) is 13.8 Å². The summed E-state index contributed by atoms with van der Waals surface area (Å²) in [5.41, 5.74) is 4.13. The number of halogens is 1. The summed E-state index contributed by atoms with van der Waals surface area (Å²) >= 11 is 0. The summed E-state index contributed by atoms with van der Waals surface area (Å²) < 4.78 is 15.5. The second-order valence-electron chi connectivity index (χ2n) is 6.46. The van der Waals surface area contributed by atoms with Gasteiger partial charge in [-0.3, -0.25) is 4.40 Å². The minimum atomic E-state index is -0.450. The van der Waals surface area contributed by atoms with Gasteiger partial charge in [-0.2, -0.15) is 0 Å². The van der Waals surface area contributed by atoms with E-state index < -0.39 is 6.03 Å². The highest BCUT2D eigenvalue weighted by atomic mass is 19.1. The normalized spacial score (nSPS) is 10.8. The van der Waals surface area contributed by atoms with Crippen molar-refractivity contribution in [2.75, 3.05) is 10.6 Å². The second-order valence-corrected chi connectivity index (χ2v) is 6.46. The van der Waals surface area contributed by atoms with Crippen LogP contribution in [0.3, 0.4) is 0 Å². The van der Waals surface area contributed by atoms with Crippen molar-refractivity contribution in [1.29, 1.82) is 0 Å². The molecule has 2 aromatic heterocycles. The van der Waals surface area contributed by atoms with Crippen LogP contribution in [0.5, 0.6) is 0 Å². The Balaban J connectivity index is 1.55. The number of aryl methyl sites for hydroxylation is 2. The van der Waals surface area contributed by atoms with Crippen LogP contribution in [0.4, 0.5) is 20.6 Å². The molecule has 0 bridgehead atoms. The summed E-state index contributed by atoms with van der Waals surface area (Å²) in [6, 6.07) is 13.3. The van der Waals surface area contributed by atoms with Crippen LogP contribution >= 0.6 is 0 Å². The first kappa shape index (κ1) is 17.7. The van der Waals surface area contributed by atoms with Crippen molar-refractivity contribution in [3.05, 3.63) is 78.0 Å². The molecule has 0 radical (unpaired) electrons. The molecule has 2 aromatic carbocycles. The topological polar surface area (TPSA) is 71.3 Å². The molecule has 0 unspecified atom stereocenters. The van der Waals surface area contributed by atoms with E-state index in [1.165, 1.54) is 6.07 Å². The van der Waals surface area contributed by atoms with Crippen molar-refractivity contribution < 1.29 is 9.18 Å². The summed E-state index contributed by atoms with van der Waals surface area (Å²) in [5.74, 6) is 0.253. The Kier molecular flexibility index (Phi) is 4.49. The lowest BCUT2D eigenvalue weighted by Crippen LogP contribution is -2.19. The van der Waals surface area contributed by atoms with Crippen molar-refractivity contribution in [2.24, 2.45) is 0 Å². The van der Waals surface area contributed by atoms with Gasteiger partial charge >= 0.3 is 6.03 Å². The maximum absolute atomic E-state index is 13.6. The number of amides is 2. The van der Waals surface area contributed by atoms with Gasteiger partial charge in [0, 0.05) is 35.0 Å². The van der Waals surface area contributed by atoms with E-state index >= 15 is 0 Å². The van der Waals surface area contributed by atoms with Crippen LogP contribution in [-0.2, 0) is 0 Å². The largest absolute Gasteiger partial charge is 0.323 e. The number of carbonyl (C=O) groups excluding carboxylic acids is 1. The molecule has 4 rings (SSSR count). The van der Waals surface area contributed by atoms with Crippen LogP contribution in [0, 0.1) is 19.7 Å². The number of nitrogens with zero attached hydrogens (tertiary/aromatic N) is 3. The number of anilines is 2. The quantitative estimate of drug-likeness (QED) is 0.540. The Hall–Kier alpha value is -3.74. The molecule has 0 saturated heterocycles. The molecule has 0 spiro atoms. The Labute approximate surface area is 161 Å². The molecule has 0 atom stereocenters. The highest BCUT2D eigenvalue weighted by molar-refractivity contribution is 6.00. The summed E-state index contributed by atoms with van der Waals surface area (Å²) in [7, 11) is 0. The Bertz CT molecular complexity index is 1180. The lowest BCUT2D eigenvalue weighted by atomic mass is 10.1. The molecule has 0 aliphatic heterocycles. The number of urea groups is 1. The number of fused-ring (bicyclic) bond motifs is 1. The number of imidazole rings is 1.